The number of nitrogen functional groups attached to an aromatic ring is 1. The van der Waals surface area contributed by atoms with Gasteiger partial charge < -0.3 is 10.5 Å². The number of esters is 1. The number of rotatable bonds is 2. The van der Waals surface area contributed by atoms with Crippen LogP contribution in [0.3, 0.4) is 0 Å². The number of anilines is 1. The molecular formula is C10H8ClN3O2S. The van der Waals surface area contributed by atoms with Crippen LogP contribution < -0.4 is 5.73 Å². The first-order valence-corrected chi connectivity index (χ1v) is 5.84. The smallest absolute Gasteiger partial charge is 0.358 e. The fraction of sp³-hybridized carbons (Fsp3) is 0.100. The molecule has 2 aromatic heterocycles. The van der Waals surface area contributed by atoms with Crippen LogP contribution in [0, 0.1) is 0 Å². The van der Waals surface area contributed by atoms with Crippen molar-refractivity contribution in [3.63, 3.8) is 0 Å². The molecule has 0 saturated carbocycles. The van der Waals surface area contributed by atoms with Gasteiger partial charge in [0.2, 0.25) is 0 Å². The second-order valence-corrected chi connectivity index (χ2v) is 4.39. The van der Waals surface area contributed by atoms with E-state index in [1.54, 1.807) is 0 Å². The standard InChI is InChI=1S/C10H8ClN3O2S/c1-16-10(15)7-6(11)8(12)14-9(13-7)5-3-2-4-17-5/h2-4H,1H3,(H2,12,13,14). The molecule has 0 atom stereocenters. The lowest BCUT2D eigenvalue weighted by Crippen LogP contribution is -2.09. The minimum Gasteiger partial charge on any atom is -0.464 e. The van der Waals surface area contributed by atoms with Gasteiger partial charge >= 0.3 is 5.97 Å². The Labute approximate surface area is 106 Å². The third-order valence-corrected chi connectivity index (χ3v) is 3.24. The van der Waals surface area contributed by atoms with Gasteiger partial charge in [0.25, 0.3) is 0 Å². The molecule has 2 heterocycles. The summed E-state index contributed by atoms with van der Waals surface area (Å²) in [5.41, 5.74) is 5.61. The van der Waals surface area contributed by atoms with Gasteiger partial charge in [-0.15, -0.1) is 11.3 Å². The number of carbonyl (C=O) groups excluding carboxylic acids is 1. The maximum Gasteiger partial charge on any atom is 0.358 e. The predicted octanol–water partition coefficient (Wildman–Crippen LogP) is 2.23. The highest BCUT2D eigenvalue weighted by Gasteiger charge is 2.18. The molecule has 2 N–H and O–H groups in total. The van der Waals surface area contributed by atoms with E-state index >= 15 is 0 Å². The molecule has 17 heavy (non-hydrogen) atoms. The summed E-state index contributed by atoms with van der Waals surface area (Å²) in [7, 11) is 1.25. The summed E-state index contributed by atoms with van der Waals surface area (Å²) in [5, 5.41) is 1.89. The number of hydrogen-bond acceptors (Lipinski definition) is 6. The average molecular weight is 270 g/mol. The second-order valence-electron chi connectivity index (χ2n) is 3.06. The highest BCUT2D eigenvalue weighted by molar-refractivity contribution is 7.13. The number of aromatic nitrogens is 2. The minimum atomic E-state index is -0.637. The van der Waals surface area contributed by atoms with E-state index in [0.29, 0.717) is 5.82 Å². The molecule has 0 spiro atoms. The SMILES string of the molecule is COC(=O)c1nc(-c2cccs2)nc(N)c1Cl. The largest absolute Gasteiger partial charge is 0.464 e. The van der Waals surface area contributed by atoms with E-state index in [1.807, 2.05) is 17.5 Å². The zero-order valence-corrected chi connectivity index (χ0v) is 10.4. The van der Waals surface area contributed by atoms with Crippen LogP contribution in [0.2, 0.25) is 5.02 Å². The predicted molar refractivity (Wildman–Crippen MR) is 66.1 cm³/mol. The number of nitrogens with zero attached hydrogens (tertiary/aromatic N) is 2. The van der Waals surface area contributed by atoms with Crippen molar-refractivity contribution in [2.24, 2.45) is 0 Å². The fourth-order valence-electron chi connectivity index (χ4n) is 1.21. The first kappa shape index (κ1) is 11.8. The van der Waals surface area contributed by atoms with E-state index in [0.717, 1.165) is 4.88 Å². The molecule has 88 valence electrons. The van der Waals surface area contributed by atoms with Gasteiger partial charge in [0.1, 0.15) is 10.8 Å². The summed E-state index contributed by atoms with van der Waals surface area (Å²) >= 11 is 7.30. The van der Waals surface area contributed by atoms with Crippen molar-refractivity contribution in [2.45, 2.75) is 0 Å². The lowest BCUT2D eigenvalue weighted by Gasteiger charge is -2.05. The van der Waals surface area contributed by atoms with Crippen molar-refractivity contribution >= 4 is 34.7 Å². The second kappa shape index (κ2) is 4.68. The summed E-state index contributed by atoms with van der Waals surface area (Å²) in [4.78, 5) is 20.4. The molecule has 0 radical (unpaired) electrons. The van der Waals surface area contributed by atoms with Crippen LogP contribution in [0.4, 0.5) is 5.82 Å². The van der Waals surface area contributed by atoms with Crippen LogP contribution in [0.5, 0.6) is 0 Å². The average Bonchev–Trinajstić information content (AvgIpc) is 2.85. The van der Waals surface area contributed by atoms with Crippen LogP contribution in [0.1, 0.15) is 10.5 Å². The number of thiophene rings is 1. The molecule has 0 aliphatic heterocycles. The van der Waals surface area contributed by atoms with Gasteiger partial charge in [0, 0.05) is 0 Å². The maximum atomic E-state index is 11.5. The number of carbonyl (C=O) groups is 1. The molecular weight excluding hydrogens is 262 g/mol. The lowest BCUT2D eigenvalue weighted by atomic mass is 10.3. The molecule has 0 aliphatic carbocycles. The normalized spacial score (nSPS) is 10.2. The summed E-state index contributed by atoms with van der Waals surface area (Å²) in [6.45, 7) is 0. The van der Waals surface area contributed by atoms with Crippen molar-refractivity contribution in [3.05, 3.63) is 28.2 Å². The molecule has 5 nitrogen and oxygen atoms in total. The summed E-state index contributed by atoms with van der Waals surface area (Å²) in [5.74, 6) is -0.213. The van der Waals surface area contributed by atoms with E-state index in [1.165, 1.54) is 18.4 Å². The van der Waals surface area contributed by atoms with Crippen molar-refractivity contribution in [2.75, 3.05) is 12.8 Å². The Morgan fingerprint density at radius 1 is 1.53 bits per heavy atom. The van der Waals surface area contributed by atoms with Crippen LogP contribution >= 0.6 is 22.9 Å². The van der Waals surface area contributed by atoms with Crippen molar-refractivity contribution in [1.29, 1.82) is 0 Å². The zero-order valence-electron chi connectivity index (χ0n) is 8.81. The van der Waals surface area contributed by atoms with E-state index < -0.39 is 5.97 Å². The number of nitrogens with two attached hydrogens (primary N) is 1. The number of halogens is 1. The molecule has 0 aromatic carbocycles. The van der Waals surface area contributed by atoms with E-state index in [4.69, 9.17) is 17.3 Å². The van der Waals surface area contributed by atoms with Gasteiger partial charge in [-0.1, -0.05) is 17.7 Å². The quantitative estimate of drug-likeness (QED) is 0.846. The summed E-state index contributed by atoms with van der Waals surface area (Å²) in [6.07, 6.45) is 0. The van der Waals surface area contributed by atoms with Gasteiger partial charge in [-0.3, -0.25) is 0 Å². The van der Waals surface area contributed by atoms with E-state index in [9.17, 15) is 4.79 Å². The Hall–Kier alpha value is -1.66. The molecule has 2 rings (SSSR count). The molecule has 0 fully saturated rings. The summed E-state index contributed by atoms with van der Waals surface area (Å²) in [6, 6.07) is 3.68. The lowest BCUT2D eigenvalue weighted by molar-refractivity contribution is 0.0594. The van der Waals surface area contributed by atoms with Gasteiger partial charge in [-0.2, -0.15) is 0 Å². The van der Waals surface area contributed by atoms with Crippen molar-refractivity contribution in [1.82, 2.24) is 9.97 Å². The van der Waals surface area contributed by atoms with Crippen LogP contribution in [-0.2, 0) is 4.74 Å². The highest BCUT2D eigenvalue weighted by atomic mass is 35.5. The Balaban J connectivity index is 2.57. The zero-order chi connectivity index (χ0) is 12.4. The van der Waals surface area contributed by atoms with Crippen molar-refractivity contribution < 1.29 is 9.53 Å². The Morgan fingerprint density at radius 3 is 2.88 bits per heavy atom. The topological polar surface area (TPSA) is 78.1 Å². The summed E-state index contributed by atoms with van der Waals surface area (Å²) < 4.78 is 4.58. The Bertz CT molecular complexity index is 557. The first-order chi connectivity index (χ1) is 8.13. The third kappa shape index (κ3) is 2.22. The molecule has 0 amide bonds. The van der Waals surface area contributed by atoms with Gasteiger partial charge in [0.05, 0.1) is 12.0 Å². The molecule has 0 aliphatic rings. The number of hydrogen-bond donors (Lipinski definition) is 1. The molecule has 0 unspecified atom stereocenters. The fourth-order valence-corrected chi connectivity index (χ4v) is 2.03. The van der Waals surface area contributed by atoms with E-state index in [-0.39, 0.29) is 16.5 Å². The monoisotopic (exact) mass is 269 g/mol. The highest BCUT2D eigenvalue weighted by Crippen LogP contribution is 2.27. The number of ether oxygens (including phenoxy) is 1. The van der Waals surface area contributed by atoms with Crippen LogP contribution in [0.25, 0.3) is 10.7 Å². The van der Waals surface area contributed by atoms with Crippen molar-refractivity contribution in [3.8, 4) is 10.7 Å². The maximum absolute atomic E-state index is 11.5. The minimum absolute atomic E-state index is 0.0113. The molecule has 0 bridgehead atoms. The van der Waals surface area contributed by atoms with Gasteiger partial charge in [-0.05, 0) is 11.4 Å². The van der Waals surface area contributed by atoms with E-state index in [2.05, 4.69) is 14.7 Å². The van der Waals surface area contributed by atoms with Gasteiger partial charge in [-0.25, -0.2) is 14.8 Å². The molecule has 2 aromatic rings. The Morgan fingerprint density at radius 2 is 2.29 bits per heavy atom. The van der Waals surface area contributed by atoms with Crippen LogP contribution in [0.15, 0.2) is 17.5 Å². The van der Waals surface area contributed by atoms with Gasteiger partial charge in [0.15, 0.2) is 11.5 Å². The molecule has 0 saturated heterocycles. The van der Waals surface area contributed by atoms with Crippen LogP contribution in [-0.4, -0.2) is 23.0 Å². The Kier molecular flexibility index (Phi) is 3.26. The number of methoxy groups -OCH3 is 1. The molecule has 7 heteroatoms. The first-order valence-electron chi connectivity index (χ1n) is 4.58. The third-order valence-electron chi connectivity index (χ3n) is 2.00.